The van der Waals surface area contributed by atoms with Gasteiger partial charge in [0.25, 0.3) is 0 Å². The number of carbonyl (C=O) groups is 2. The summed E-state index contributed by atoms with van der Waals surface area (Å²) < 4.78 is 6.72. The number of anilines is 3. The number of nitrogen functional groups attached to an aromatic ring is 1. The number of amides is 2. The first kappa shape index (κ1) is 27.1. The predicted octanol–water partition coefficient (Wildman–Crippen LogP) is 6.79. The molecular weight excluding hydrogens is 569 g/mol. The normalized spacial score (nSPS) is 12.6. The number of hydrogen-bond donors (Lipinski definition) is 4. The van der Waals surface area contributed by atoms with Gasteiger partial charge in [-0.1, -0.05) is 42.8 Å². The zero-order valence-corrected chi connectivity index (χ0v) is 22.4. The summed E-state index contributed by atoms with van der Waals surface area (Å²) >= 11 is 2.16. The molecule has 188 valence electrons. The molecule has 36 heavy (non-hydrogen) atoms. The van der Waals surface area contributed by atoms with Gasteiger partial charge in [0.15, 0.2) is 0 Å². The first-order valence-electron chi connectivity index (χ1n) is 11.6. The summed E-state index contributed by atoms with van der Waals surface area (Å²) in [6.45, 7) is 3.91. The molecule has 0 saturated heterocycles. The fraction of sp³-hybridized carbons (Fsp3) is 0.214. The summed E-state index contributed by atoms with van der Waals surface area (Å²) in [7, 11) is 0. The van der Waals surface area contributed by atoms with Crippen LogP contribution in [0.2, 0.25) is 0 Å². The molecular formula is C28H30IN3O4. The van der Waals surface area contributed by atoms with E-state index in [-0.39, 0.29) is 17.6 Å². The number of halogens is 1. The molecule has 0 unspecified atom stereocenters. The van der Waals surface area contributed by atoms with E-state index in [0.29, 0.717) is 35.5 Å². The Morgan fingerprint density at radius 1 is 1.08 bits per heavy atom. The van der Waals surface area contributed by atoms with Crippen molar-refractivity contribution < 1.29 is 19.4 Å². The molecule has 2 atom stereocenters. The van der Waals surface area contributed by atoms with Crippen molar-refractivity contribution >= 4 is 51.7 Å². The number of nitrogens with one attached hydrogen (secondary N) is 2. The fourth-order valence-electron chi connectivity index (χ4n) is 3.63. The summed E-state index contributed by atoms with van der Waals surface area (Å²) in [6.07, 6.45) is 3.12. The lowest BCUT2D eigenvalue weighted by Crippen LogP contribution is -2.22. The number of aromatic hydroxyl groups is 1. The second kappa shape index (κ2) is 13.0. The van der Waals surface area contributed by atoms with Crippen LogP contribution in [-0.2, 0) is 9.53 Å². The molecule has 8 heteroatoms. The van der Waals surface area contributed by atoms with Crippen molar-refractivity contribution in [3.8, 4) is 5.75 Å². The van der Waals surface area contributed by atoms with Crippen LogP contribution in [0.1, 0.15) is 37.0 Å². The van der Waals surface area contributed by atoms with Gasteiger partial charge in [0.05, 0.1) is 11.4 Å². The number of rotatable bonds is 9. The van der Waals surface area contributed by atoms with Gasteiger partial charge in [0.1, 0.15) is 11.9 Å². The minimum Gasteiger partial charge on any atom is -0.508 e. The molecule has 0 fully saturated rings. The second-order valence-corrected chi connectivity index (χ2v) is 9.80. The number of para-hydroxylation sites is 2. The third-order valence-electron chi connectivity index (χ3n) is 5.62. The van der Waals surface area contributed by atoms with Gasteiger partial charge in [-0.25, -0.2) is 4.79 Å². The van der Waals surface area contributed by atoms with Crippen molar-refractivity contribution in [2.24, 2.45) is 5.92 Å². The first-order valence-corrected chi connectivity index (χ1v) is 12.7. The van der Waals surface area contributed by atoms with Gasteiger partial charge in [0.2, 0.25) is 5.91 Å². The van der Waals surface area contributed by atoms with E-state index in [1.165, 1.54) is 6.08 Å². The average molecular weight is 599 g/mol. The van der Waals surface area contributed by atoms with Gasteiger partial charge in [0, 0.05) is 14.8 Å². The van der Waals surface area contributed by atoms with Crippen LogP contribution >= 0.6 is 22.6 Å². The number of carbonyl (C=O) groups excluding carboxylic acids is 2. The number of nitrogens with two attached hydrogens (primary N) is 1. The van der Waals surface area contributed by atoms with Crippen LogP contribution in [0.3, 0.4) is 0 Å². The molecule has 0 saturated carbocycles. The van der Waals surface area contributed by atoms with E-state index in [2.05, 4.69) is 33.2 Å². The maximum Gasteiger partial charge on any atom is 0.412 e. The quantitative estimate of drug-likeness (QED) is 0.123. The monoisotopic (exact) mass is 599 g/mol. The van der Waals surface area contributed by atoms with Crippen molar-refractivity contribution in [3.05, 3.63) is 93.6 Å². The summed E-state index contributed by atoms with van der Waals surface area (Å²) in [5.41, 5.74) is 9.16. The number of ether oxygens (including phenoxy) is 1. The molecule has 0 radical (unpaired) electrons. The predicted molar refractivity (Wildman–Crippen MR) is 152 cm³/mol. The summed E-state index contributed by atoms with van der Waals surface area (Å²) in [6, 6.07) is 19.6. The summed E-state index contributed by atoms with van der Waals surface area (Å²) in [5, 5.41) is 16.0. The van der Waals surface area contributed by atoms with Gasteiger partial charge in [-0.2, -0.15) is 0 Å². The zero-order chi connectivity index (χ0) is 26.1. The molecule has 3 rings (SSSR count). The minimum absolute atomic E-state index is 0.0609. The number of aryl methyl sites for hydroxylation is 1. The molecule has 0 heterocycles. The average Bonchev–Trinajstić information content (AvgIpc) is 2.85. The third kappa shape index (κ3) is 8.01. The van der Waals surface area contributed by atoms with E-state index in [9.17, 15) is 14.7 Å². The first-order chi connectivity index (χ1) is 17.2. The third-order valence-corrected chi connectivity index (χ3v) is 6.29. The molecule has 7 nitrogen and oxygen atoms in total. The topological polar surface area (TPSA) is 114 Å². The molecule has 0 spiro atoms. The Morgan fingerprint density at radius 3 is 2.53 bits per heavy atom. The Hall–Kier alpha value is -3.53. The van der Waals surface area contributed by atoms with Gasteiger partial charge < -0.3 is 20.9 Å². The van der Waals surface area contributed by atoms with Crippen molar-refractivity contribution in [1.29, 1.82) is 0 Å². The van der Waals surface area contributed by atoms with Gasteiger partial charge in [-0.05, 0) is 96.8 Å². The highest BCUT2D eigenvalue weighted by atomic mass is 127. The van der Waals surface area contributed by atoms with Crippen LogP contribution < -0.4 is 16.4 Å². The lowest BCUT2D eigenvalue weighted by atomic mass is 9.92. The van der Waals surface area contributed by atoms with E-state index in [1.807, 2.05) is 32.0 Å². The Balaban J connectivity index is 1.65. The number of phenolic OH excluding ortho intramolecular Hbond substituents is 1. The SMILES string of the molecule is Cc1ccc(NC(=O)O[C@H](c2cc(I)ccc2O)[C@H](C)CC/C=C/C(=O)Nc2ccccc2N)cc1. The lowest BCUT2D eigenvalue weighted by Gasteiger charge is -2.25. The van der Waals surface area contributed by atoms with E-state index in [4.69, 9.17) is 10.5 Å². The maximum absolute atomic E-state index is 12.7. The van der Waals surface area contributed by atoms with Crippen molar-refractivity contribution in [1.82, 2.24) is 0 Å². The molecule has 3 aromatic carbocycles. The molecule has 2 amide bonds. The molecule has 0 aromatic heterocycles. The van der Waals surface area contributed by atoms with Crippen LogP contribution in [-0.4, -0.2) is 17.1 Å². The second-order valence-electron chi connectivity index (χ2n) is 8.55. The lowest BCUT2D eigenvalue weighted by molar-refractivity contribution is -0.111. The highest BCUT2D eigenvalue weighted by molar-refractivity contribution is 14.1. The van der Waals surface area contributed by atoms with Crippen LogP contribution in [0.25, 0.3) is 0 Å². The smallest absolute Gasteiger partial charge is 0.412 e. The highest BCUT2D eigenvalue weighted by Gasteiger charge is 2.26. The number of benzene rings is 3. The Morgan fingerprint density at radius 2 is 1.81 bits per heavy atom. The number of hydrogen-bond acceptors (Lipinski definition) is 5. The van der Waals surface area contributed by atoms with Crippen LogP contribution in [0.5, 0.6) is 5.75 Å². The van der Waals surface area contributed by atoms with Gasteiger partial charge in [-0.15, -0.1) is 0 Å². The summed E-state index contributed by atoms with van der Waals surface area (Å²) in [4.78, 5) is 24.9. The van der Waals surface area contributed by atoms with Gasteiger partial charge >= 0.3 is 6.09 Å². The minimum atomic E-state index is -0.684. The maximum atomic E-state index is 12.7. The Bertz CT molecular complexity index is 1230. The van der Waals surface area contributed by atoms with Crippen LogP contribution in [0.15, 0.2) is 78.9 Å². The highest BCUT2D eigenvalue weighted by Crippen LogP contribution is 2.36. The van der Waals surface area contributed by atoms with Crippen molar-refractivity contribution in [2.75, 3.05) is 16.4 Å². The Kier molecular flexibility index (Phi) is 9.75. The van der Waals surface area contributed by atoms with E-state index in [1.54, 1.807) is 54.6 Å². The van der Waals surface area contributed by atoms with Crippen LogP contribution in [0.4, 0.5) is 21.9 Å². The molecule has 5 N–H and O–H groups in total. The van der Waals surface area contributed by atoms with E-state index < -0.39 is 12.2 Å². The Labute approximate surface area is 224 Å². The van der Waals surface area contributed by atoms with E-state index >= 15 is 0 Å². The van der Waals surface area contributed by atoms with Gasteiger partial charge in [-0.3, -0.25) is 10.1 Å². The number of phenols is 1. The summed E-state index contributed by atoms with van der Waals surface area (Å²) in [5.74, 6) is -0.359. The largest absolute Gasteiger partial charge is 0.508 e. The zero-order valence-electron chi connectivity index (χ0n) is 20.2. The molecule has 3 aromatic rings. The molecule has 0 aliphatic carbocycles. The molecule has 0 bridgehead atoms. The van der Waals surface area contributed by atoms with Crippen molar-refractivity contribution in [2.45, 2.75) is 32.8 Å². The van der Waals surface area contributed by atoms with Crippen molar-refractivity contribution in [3.63, 3.8) is 0 Å². The van der Waals surface area contributed by atoms with Crippen LogP contribution in [0, 0.1) is 16.4 Å². The molecule has 0 aliphatic heterocycles. The standard InChI is InChI=1S/C28H30IN3O4/c1-18-11-14-21(15-12-18)31-28(35)36-27(22-17-20(29)13-16-25(22)33)19(2)7-3-6-10-26(34)32-24-9-5-4-8-23(24)30/h4-6,8-17,19,27,33H,3,7,30H2,1-2H3,(H,31,35)(H,32,34)/b10-6+/t19-,27+/m1/s1. The molecule has 0 aliphatic rings. The fourth-order valence-corrected chi connectivity index (χ4v) is 4.14. The van der Waals surface area contributed by atoms with E-state index in [0.717, 1.165) is 9.13 Å². The number of allylic oxidation sites excluding steroid dienone is 1.